The van der Waals surface area contributed by atoms with E-state index in [1.54, 1.807) is 6.08 Å². The molecule has 3 N–H and O–H groups in total. The number of nitrogens with zero attached hydrogens (tertiary/aromatic N) is 1. The van der Waals surface area contributed by atoms with Gasteiger partial charge >= 0.3 is 7.82 Å². The number of rotatable bonds is 48. The van der Waals surface area contributed by atoms with Crippen molar-refractivity contribution in [1.29, 1.82) is 0 Å². The highest BCUT2D eigenvalue weighted by atomic mass is 31.2. The molecule has 0 aromatic heterocycles. The molecule has 0 radical (unpaired) electrons. The lowest BCUT2D eigenvalue weighted by molar-refractivity contribution is -0.870. The van der Waals surface area contributed by atoms with Crippen molar-refractivity contribution in [2.24, 2.45) is 0 Å². The van der Waals surface area contributed by atoms with Gasteiger partial charge in [0.2, 0.25) is 5.91 Å². The largest absolute Gasteiger partial charge is 0.472 e. The number of aliphatic hydroxyl groups excluding tert-OH is 1. The summed E-state index contributed by atoms with van der Waals surface area (Å²) in [4.78, 5) is 23.2. The number of nitrogens with one attached hydrogen (secondary N) is 1. The zero-order chi connectivity index (χ0) is 47.1. The van der Waals surface area contributed by atoms with E-state index in [-0.39, 0.29) is 19.1 Å². The third-order valence-electron chi connectivity index (χ3n) is 11.7. The number of carbonyl (C=O) groups is 1. The molecular weight excluding hydrogens is 816 g/mol. The molecule has 0 aliphatic heterocycles. The van der Waals surface area contributed by atoms with Crippen LogP contribution in [0.5, 0.6) is 0 Å². The van der Waals surface area contributed by atoms with Gasteiger partial charge in [0, 0.05) is 6.42 Å². The van der Waals surface area contributed by atoms with Crippen LogP contribution in [0, 0.1) is 0 Å². The summed E-state index contributed by atoms with van der Waals surface area (Å²) < 4.78 is 23.6. The second-order valence-electron chi connectivity index (χ2n) is 19.2. The van der Waals surface area contributed by atoms with Crippen molar-refractivity contribution >= 4 is 13.7 Å². The van der Waals surface area contributed by atoms with Crippen LogP contribution in [-0.2, 0) is 18.4 Å². The molecule has 0 aliphatic carbocycles. The van der Waals surface area contributed by atoms with E-state index in [9.17, 15) is 19.4 Å². The Labute approximate surface area is 396 Å². The van der Waals surface area contributed by atoms with Crippen LogP contribution < -0.4 is 5.32 Å². The Morgan fingerprint density at radius 3 is 1.39 bits per heavy atom. The SMILES string of the molecule is CCC/C=C/CC/C=C/CC/C=C/C(O)C(COP(=O)(O)OCC[N+](C)(C)C)NC(=O)CCCCCCCCCCCCCCCCC/C=C\C/C=C\CCCCCCCCCCC. The molecule has 0 spiro atoms. The van der Waals surface area contributed by atoms with E-state index in [1.807, 2.05) is 27.2 Å². The van der Waals surface area contributed by atoms with Gasteiger partial charge in [0.15, 0.2) is 0 Å². The highest BCUT2D eigenvalue weighted by Gasteiger charge is 2.27. The lowest BCUT2D eigenvalue weighted by Crippen LogP contribution is -2.45. The van der Waals surface area contributed by atoms with Gasteiger partial charge in [0.05, 0.1) is 39.9 Å². The first-order valence-electron chi connectivity index (χ1n) is 26.7. The van der Waals surface area contributed by atoms with Crippen molar-refractivity contribution in [3.63, 3.8) is 0 Å². The fourth-order valence-corrected chi connectivity index (χ4v) is 8.20. The maximum absolute atomic E-state index is 12.9. The van der Waals surface area contributed by atoms with E-state index in [0.29, 0.717) is 17.4 Å². The van der Waals surface area contributed by atoms with Gasteiger partial charge in [-0.2, -0.15) is 0 Å². The van der Waals surface area contributed by atoms with E-state index >= 15 is 0 Å². The minimum absolute atomic E-state index is 0.0520. The standard InChI is InChI=1S/C55H103N2O6P/c1-6-8-10-12-14-16-18-19-20-21-22-23-24-25-26-27-28-29-30-31-32-33-34-35-36-37-39-41-43-45-47-49-55(59)56-53(52-63-64(60,61)62-51-50-57(3,4)5)54(58)48-46-44-42-40-38-17-15-13-11-9-7-2/h11,13,22-23,25-26,38,40,46,48,53-54,58H,6-10,12,14-21,24,27-37,39,41-45,47,49-52H2,1-5H3,(H-,56,59,60,61)/p+1/b13-11+,23-22-,26-25-,40-38+,48-46+. The van der Waals surface area contributed by atoms with Gasteiger partial charge in [0.25, 0.3) is 0 Å². The summed E-state index contributed by atoms with van der Waals surface area (Å²) in [5, 5.41) is 13.8. The molecule has 0 heterocycles. The van der Waals surface area contributed by atoms with Crippen LogP contribution in [0.2, 0.25) is 0 Å². The number of hydrogen-bond donors (Lipinski definition) is 3. The molecule has 3 unspecified atom stereocenters. The number of aliphatic hydroxyl groups is 1. The van der Waals surface area contributed by atoms with Crippen molar-refractivity contribution < 1.29 is 32.9 Å². The minimum atomic E-state index is -4.35. The van der Waals surface area contributed by atoms with Crippen LogP contribution in [0.15, 0.2) is 60.8 Å². The summed E-state index contributed by atoms with van der Waals surface area (Å²) in [7, 11) is 1.54. The predicted molar refractivity (Wildman–Crippen MR) is 277 cm³/mol. The number of likely N-dealkylation sites (N-methyl/N-ethyl adjacent to an activating group) is 1. The van der Waals surface area contributed by atoms with Gasteiger partial charge in [-0.25, -0.2) is 4.57 Å². The Bertz CT molecular complexity index is 1230. The highest BCUT2D eigenvalue weighted by molar-refractivity contribution is 7.47. The van der Waals surface area contributed by atoms with E-state index in [1.165, 1.54) is 154 Å². The van der Waals surface area contributed by atoms with Crippen molar-refractivity contribution in [2.45, 2.75) is 244 Å². The van der Waals surface area contributed by atoms with Crippen molar-refractivity contribution in [3.8, 4) is 0 Å². The van der Waals surface area contributed by atoms with Crippen LogP contribution >= 0.6 is 7.82 Å². The van der Waals surface area contributed by atoms with Crippen LogP contribution in [0.3, 0.4) is 0 Å². The molecular formula is C55H104N2O6P+. The van der Waals surface area contributed by atoms with Crippen molar-refractivity contribution in [2.75, 3.05) is 40.9 Å². The first kappa shape index (κ1) is 62.2. The van der Waals surface area contributed by atoms with Crippen molar-refractivity contribution in [3.05, 3.63) is 60.8 Å². The number of carbonyl (C=O) groups excluding carboxylic acids is 1. The number of amides is 1. The monoisotopic (exact) mass is 920 g/mol. The lowest BCUT2D eigenvalue weighted by atomic mass is 10.0. The molecule has 0 aromatic carbocycles. The number of quaternary nitrogens is 1. The second-order valence-corrected chi connectivity index (χ2v) is 20.7. The smallest absolute Gasteiger partial charge is 0.387 e. The average Bonchev–Trinajstić information content (AvgIpc) is 3.25. The molecule has 1 amide bonds. The number of phosphoric ester groups is 1. The van der Waals surface area contributed by atoms with Crippen LogP contribution in [0.1, 0.15) is 232 Å². The first-order chi connectivity index (χ1) is 31.0. The summed E-state index contributed by atoms with van der Waals surface area (Å²) in [6.45, 7) is 4.71. The minimum Gasteiger partial charge on any atom is -0.387 e. The van der Waals surface area contributed by atoms with Gasteiger partial charge in [-0.15, -0.1) is 0 Å². The van der Waals surface area contributed by atoms with E-state index in [2.05, 4.69) is 67.8 Å². The van der Waals surface area contributed by atoms with Gasteiger partial charge < -0.3 is 19.8 Å². The fraction of sp³-hybridized carbons (Fsp3) is 0.800. The molecule has 0 aromatic rings. The topological polar surface area (TPSA) is 105 Å². The third kappa shape index (κ3) is 48.1. The molecule has 0 saturated carbocycles. The molecule has 0 saturated heterocycles. The number of allylic oxidation sites excluding steroid dienone is 9. The Morgan fingerprint density at radius 2 is 0.938 bits per heavy atom. The Hall–Kier alpha value is -1.80. The molecule has 0 rings (SSSR count). The summed E-state index contributed by atoms with van der Waals surface area (Å²) >= 11 is 0. The molecule has 9 heteroatoms. The highest BCUT2D eigenvalue weighted by Crippen LogP contribution is 2.43. The van der Waals surface area contributed by atoms with Gasteiger partial charge in [-0.05, 0) is 70.6 Å². The first-order valence-corrected chi connectivity index (χ1v) is 28.2. The summed E-state index contributed by atoms with van der Waals surface area (Å²) in [5.41, 5.74) is 0. The second kappa shape index (κ2) is 46.3. The fourth-order valence-electron chi connectivity index (χ4n) is 7.46. The molecule has 0 bridgehead atoms. The Morgan fingerprint density at radius 1 is 0.531 bits per heavy atom. The van der Waals surface area contributed by atoms with Gasteiger partial charge in [-0.3, -0.25) is 13.8 Å². The third-order valence-corrected chi connectivity index (χ3v) is 12.7. The van der Waals surface area contributed by atoms with E-state index in [0.717, 1.165) is 57.8 Å². The van der Waals surface area contributed by atoms with Crippen LogP contribution in [0.25, 0.3) is 0 Å². The maximum Gasteiger partial charge on any atom is 0.472 e. The molecule has 3 atom stereocenters. The Balaban J connectivity index is 4.06. The zero-order valence-electron chi connectivity index (χ0n) is 42.5. The van der Waals surface area contributed by atoms with Crippen molar-refractivity contribution in [1.82, 2.24) is 5.32 Å². The van der Waals surface area contributed by atoms with Crippen LogP contribution in [0.4, 0.5) is 0 Å². The maximum atomic E-state index is 12.9. The summed E-state index contributed by atoms with van der Waals surface area (Å²) in [6, 6.07) is -0.869. The Kier molecular flexibility index (Phi) is 45.0. The molecule has 374 valence electrons. The van der Waals surface area contributed by atoms with Gasteiger partial charge in [-0.1, -0.05) is 216 Å². The van der Waals surface area contributed by atoms with E-state index in [4.69, 9.17) is 9.05 Å². The summed E-state index contributed by atoms with van der Waals surface area (Å²) in [6.07, 6.45) is 61.9. The molecule has 64 heavy (non-hydrogen) atoms. The molecule has 0 aliphatic rings. The quantitative estimate of drug-likeness (QED) is 0.0243. The number of hydrogen-bond acceptors (Lipinski definition) is 5. The predicted octanol–water partition coefficient (Wildman–Crippen LogP) is 15.8. The number of unbranched alkanes of at least 4 members (excludes halogenated alkanes) is 27. The average molecular weight is 920 g/mol. The molecule has 8 nitrogen and oxygen atoms in total. The van der Waals surface area contributed by atoms with Gasteiger partial charge in [0.1, 0.15) is 13.2 Å². The normalized spacial score (nSPS) is 14.5. The number of phosphoric acid groups is 1. The van der Waals surface area contributed by atoms with Crippen LogP contribution in [-0.4, -0.2) is 73.4 Å². The van der Waals surface area contributed by atoms with E-state index < -0.39 is 20.0 Å². The summed E-state index contributed by atoms with van der Waals surface area (Å²) in [5.74, 6) is -0.193. The lowest BCUT2D eigenvalue weighted by Gasteiger charge is -2.25. The molecule has 0 fully saturated rings. The zero-order valence-corrected chi connectivity index (χ0v) is 43.4.